The molecule has 0 saturated carbocycles. The maximum Gasteiger partial charge on any atom is 0.153 e. The number of phenolic OH excluding ortho intramolecular Hbond substituents is 1. The summed E-state index contributed by atoms with van der Waals surface area (Å²) in [6, 6.07) is 5.00. The lowest BCUT2D eigenvalue weighted by molar-refractivity contribution is 0.112. The number of carbonyl (C=O) groups is 1. The van der Waals surface area contributed by atoms with Crippen LogP contribution in [-0.2, 0) is 0 Å². The molecule has 1 aliphatic heterocycles. The van der Waals surface area contributed by atoms with Crippen LogP contribution in [0.2, 0.25) is 0 Å². The number of aldehydes is 1. The van der Waals surface area contributed by atoms with E-state index in [2.05, 4.69) is 10.2 Å². The van der Waals surface area contributed by atoms with Gasteiger partial charge in [0.05, 0.1) is 5.56 Å². The van der Waals surface area contributed by atoms with Crippen molar-refractivity contribution in [2.24, 2.45) is 0 Å². The maximum atomic E-state index is 10.7. The smallest absolute Gasteiger partial charge is 0.153 e. The van der Waals surface area contributed by atoms with Gasteiger partial charge in [0.1, 0.15) is 5.75 Å². The number of phenols is 1. The number of likely N-dealkylation sites (tertiary alicyclic amines) is 1. The van der Waals surface area contributed by atoms with E-state index in [-0.39, 0.29) is 5.75 Å². The third-order valence-corrected chi connectivity index (χ3v) is 3.11. The Morgan fingerprint density at radius 1 is 1.35 bits per heavy atom. The summed E-state index contributed by atoms with van der Waals surface area (Å²) in [6.45, 7) is 4.27. The zero-order chi connectivity index (χ0) is 12.1. The molecule has 0 aliphatic carbocycles. The summed E-state index contributed by atoms with van der Waals surface area (Å²) < 4.78 is 0. The molecule has 2 rings (SSSR count). The molecule has 4 nitrogen and oxygen atoms in total. The lowest BCUT2D eigenvalue weighted by Gasteiger charge is -2.15. The van der Waals surface area contributed by atoms with Crippen molar-refractivity contribution in [2.75, 3.05) is 31.5 Å². The fourth-order valence-electron chi connectivity index (χ4n) is 2.12. The van der Waals surface area contributed by atoms with Gasteiger partial charge in [-0.2, -0.15) is 0 Å². The molecular formula is C13H18N2O2. The van der Waals surface area contributed by atoms with Crippen molar-refractivity contribution in [3.8, 4) is 5.75 Å². The van der Waals surface area contributed by atoms with Gasteiger partial charge in [-0.1, -0.05) is 0 Å². The van der Waals surface area contributed by atoms with Gasteiger partial charge in [0.25, 0.3) is 0 Å². The molecule has 0 unspecified atom stereocenters. The lowest BCUT2D eigenvalue weighted by Crippen LogP contribution is -2.25. The van der Waals surface area contributed by atoms with Gasteiger partial charge < -0.3 is 15.3 Å². The van der Waals surface area contributed by atoms with Gasteiger partial charge in [0.2, 0.25) is 0 Å². The highest BCUT2D eigenvalue weighted by Crippen LogP contribution is 2.19. The first-order chi connectivity index (χ1) is 8.29. The zero-order valence-electron chi connectivity index (χ0n) is 9.85. The van der Waals surface area contributed by atoms with Gasteiger partial charge in [0.15, 0.2) is 6.29 Å². The van der Waals surface area contributed by atoms with E-state index in [0.29, 0.717) is 11.8 Å². The van der Waals surface area contributed by atoms with E-state index in [1.165, 1.54) is 25.9 Å². The lowest BCUT2D eigenvalue weighted by atomic mass is 10.2. The van der Waals surface area contributed by atoms with E-state index < -0.39 is 0 Å². The van der Waals surface area contributed by atoms with Gasteiger partial charge in [-0.25, -0.2) is 0 Å². The van der Waals surface area contributed by atoms with E-state index in [1.54, 1.807) is 18.2 Å². The molecule has 0 aromatic heterocycles. The van der Waals surface area contributed by atoms with Crippen molar-refractivity contribution in [2.45, 2.75) is 12.8 Å². The average molecular weight is 234 g/mol. The zero-order valence-corrected chi connectivity index (χ0v) is 9.85. The van der Waals surface area contributed by atoms with Crippen LogP contribution in [0.25, 0.3) is 0 Å². The van der Waals surface area contributed by atoms with Crippen LogP contribution in [-0.4, -0.2) is 42.5 Å². The number of aromatic hydroxyl groups is 1. The third-order valence-electron chi connectivity index (χ3n) is 3.11. The molecule has 92 valence electrons. The summed E-state index contributed by atoms with van der Waals surface area (Å²) in [5, 5.41) is 12.6. The third kappa shape index (κ3) is 3.20. The normalized spacial score (nSPS) is 16.0. The topological polar surface area (TPSA) is 52.6 Å². The molecule has 1 aliphatic rings. The number of benzene rings is 1. The molecule has 0 radical (unpaired) electrons. The number of carbonyl (C=O) groups excluding carboxylic acids is 1. The fraction of sp³-hybridized carbons (Fsp3) is 0.462. The van der Waals surface area contributed by atoms with Crippen LogP contribution in [0.1, 0.15) is 23.2 Å². The molecule has 17 heavy (non-hydrogen) atoms. The van der Waals surface area contributed by atoms with Crippen molar-refractivity contribution in [1.82, 2.24) is 4.90 Å². The average Bonchev–Trinajstić information content (AvgIpc) is 2.84. The molecule has 2 N–H and O–H groups in total. The second-order valence-electron chi connectivity index (χ2n) is 4.37. The van der Waals surface area contributed by atoms with Gasteiger partial charge in [-0.3, -0.25) is 4.79 Å². The Hall–Kier alpha value is -1.55. The first kappa shape index (κ1) is 11.9. The fourth-order valence-corrected chi connectivity index (χ4v) is 2.12. The first-order valence-electron chi connectivity index (χ1n) is 6.04. The van der Waals surface area contributed by atoms with Crippen LogP contribution in [0.3, 0.4) is 0 Å². The highest BCUT2D eigenvalue weighted by atomic mass is 16.3. The summed E-state index contributed by atoms with van der Waals surface area (Å²) >= 11 is 0. The Labute approximate surface area is 101 Å². The summed E-state index contributed by atoms with van der Waals surface area (Å²) in [5.74, 6) is 0.0325. The highest BCUT2D eigenvalue weighted by Gasteiger charge is 2.10. The maximum absolute atomic E-state index is 10.7. The largest absolute Gasteiger partial charge is 0.507 e. The molecule has 1 saturated heterocycles. The molecule has 1 heterocycles. The summed E-state index contributed by atoms with van der Waals surface area (Å²) in [5.41, 5.74) is 1.21. The van der Waals surface area contributed by atoms with Crippen LogP contribution in [0.5, 0.6) is 5.75 Å². The Bertz CT molecular complexity index is 387. The minimum Gasteiger partial charge on any atom is -0.507 e. The molecule has 0 spiro atoms. The molecule has 1 fully saturated rings. The van der Waals surface area contributed by atoms with Gasteiger partial charge in [-0.15, -0.1) is 0 Å². The second-order valence-corrected chi connectivity index (χ2v) is 4.37. The monoisotopic (exact) mass is 234 g/mol. The molecule has 1 aromatic rings. The van der Waals surface area contributed by atoms with E-state index in [0.717, 1.165) is 18.8 Å². The van der Waals surface area contributed by atoms with Crippen LogP contribution in [0, 0.1) is 0 Å². The highest BCUT2D eigenvalue weighted by molar-refractivity contribution is 5.81. The number of rotatable bonds is 5. The number of anilines is 1. The number of nitrogens with zero attached hydrogens (tertiary/aromatic N) is 1. The summed E-state index contributed by atoms with van der Waals surface area (Å²) in [6.07, 6.45) is 3.27. The van der Waals surface area contributed by atoms with Gasteiger partial charge >= 0.3 is 0 Å². The van der Waals surface area contributed by atoms with Gasteiger partial charge in [0, 0.05) is 18.8 Å². The quantitative estimate of drug-likeness (QED) is 0.601. The molecule has 0 bridgehead atoms. The van der Waals surface area contributed by atoms with E-state index in [4.69, 9.17) is 0 Å². The van der Waals surface area contributed by atoms with Crippen molar-refractivity contribution in [3.05, 3.63) is 23.8 Å². The predicted molar refractivity (Wildman–Crippen MR) is 67.7 cm³/mol. The SMILES string of the molecule is O=Cc1cc(NCCN2CCCC2)ccc1O. The molecule has 4 heteroatoms. The summed E-state index contributed by atoms with van der Waals surface area (Å²) in [7, 11) is 0. The Morgan fingerprint density at radius 2 is 2.12 bits per heavy atom. The minimum atomic E-state index is 0.0325. The summed E-state index contributed by atoms with van der Waals surface area (Å²) in [4.78, 5) is 13.1. The Morgan fingerprint density at radius 3 is 2.82 bits per heavy atom. The van der Waals surface area contributed by atoms with Crippen molar-refractivity contribution < 1.29 is 9.90 Å². The number of hydrogen-bond donors (Lipinski definition) is 2. The van der Waals surface area contributed by atoms with Crippen LogP contribution in [0.4, 0.5) is 5.69 Å². The first-order valence-corrected chi connectivity index (χ1v) is 6.04. The van der Waals surface area contributed by atoms with E-state index >= 15 is 0 Å². The van der Waals surface area contributed by atoms with Crippen molar-refractivity contribution in [1.29, 1.82) is 0 Å². The minimum absolute atomic E-state index is 0.0325. The van der Waals surface area contributed by atoms with Crippen LogP contribution in [0.15, 0.2) is 18.2 Å². The van der Waals surface area contributed by atoms with Crippen LogP contribution < -0.4 is 5.32 Å². The molecule has 0 amide bonds. The standard InChI is InChI=1S/C13H18N2O2/c16-10-11-9-12(3-4-13(11)17)14-5-8-15-6-1-2-7-15/h3-4,9-10,14,17H,1-2,5-8H2. The molecular weight excluding hydrogens is 216 g/mol. The number of nitrogens with one attached hydrogen (secondary N) is 1. The second kappa shape index (κ2) is 5.68. The van der Waals surface area contributed by atoms with Crippen molar-refractivity contribution in [3.63, 3.8) is 0 Å². The Balaban J connectivity index is 1.83. The van der Waals surface area contributed by atoms with Gasteiger partial charge in [-0.05, 0) is 44.1 Å². The van der Waals surface area contributed by atoms with E-state index in [9.17, 15) is 9.90 Å². The van der Waals surface area contributed by atoms with Crippen LogP contribution >= 0.6 is 0 Å². The molecule has 1 aromatic carbocycles. The number of hydrogen-bond acceptors (Lipinski definition) is 4. The predicted octanol–water partition coefficient (Wildman–Crippen LogP) is 1.71. The van der Waals surface area contributed by atoms with E-state index in [1.807, 2.05) is 0 Å². The van der Waals surface area contributed by atoms with Crippen molar-refractivity contribution >= 4 is 12.0 Å². The molecule has 0 atom stereocenters. The Kier molecular flexibility index (Phi) is 3.98.